The Labute approximate surface area is 59.0 Å². The SMILES string of the molecule is CCc1o[nH]c(=O)c1CC. The highest BCUT2D eigenvalue weighted by molar-refractivity contribution is 5.12. The first-order chi connectivity index (χ1) is 4.79. The molecule has 3 nitrogen and oxygen atoms in total. The van der Waals surface area contributed by atoms with Crippen LogP contribution in [0.4, 0.5) is 0 Å². The van der Waals surface area contributed by atoms with E-state index in [1.54, 1.807) is 0 Å². The lowest BCUT2D eigenvalue weighted by Crippen LogP contribution is -2.04. The Morgan fingerprint density at radius 1 is 1.40 bits per heavy atom. The molecule has 0 radical (unpaired) electrons. The summed E-state index contributed by atoms with van der Waals surface area (Å²) in [5, 5.41) is 2.31. The van der Waals surface area contributed by atoms with Crippen LogP contribution in [0.1, 0.15) is 25.2 Å². The topological polar surface area (TPSA) is 46.0 Å². The maximum Gasteiger partial charge on any atom is 0.283 e. The Bertz CT molecular complexity index is 259. The third kappa shape index (κ3) is 0.988. The van der Waals surface area contributed by atoms with E-state index in [0.717, 1.165) is 24.2 Å². The second-order valence-corrected chi connectivity index (χ2v) is 2.14. The normalized spacial score (nSPS) is 10.2. The Morgan fingerprint density at radius 3 is 2.50 bits per heavy atom. The van der Waals surface area contributed by atoms with E-state index in [0.29, 0.717) is 0 Å². The lowest BCUT2D eigenvalue weighted by atomic mass is 10.2. The number of aromatic nitrogens is 1. The Morgan fingerprint density at radius 2 is 2.10 bits per heavy atom. The van der Waals surface area contributed by atoms with Crippen LogP contribution in [0.5, 0.6) is 0 Å². The molecule has 56 valence electrons. The highest BCUT2D eigenvalue weighted by atomic mass is 16.5. The van der Waals surface area contributed by atoms with Gasteiger partial charge in [-0.15, -0.1) is 0 Å². The Balaban J connectivity index is 3.13. The molecule has 0 fully saturated rings. The van der Waals surface area contributed by atoms with Gasteiger partial charge >= 0.3 is 0 Å². The van der Waals surface area contributed by atoms with Crippen LogP contribution in [0.3, 0.4) is 0 Å². The Hall–Kier alpha value is -0.990. The van der Waals surface area contributed by atoms with E-state index in [9.17, 15) is 4.79 Å². The van der Waals surface area contributed by atoms with Gasteiger partial charge < -0.3 is 4.52 Å². The van der Waals surface area contributed by atoms with Gasteiger partial charge in [-0.1, -0.05) is 13.8 Å². The molecule has 0 aliphatic carbocycles. The molecule has 0 atom stereocenters. The molecule has 0 aliphatic heterocycles. The van der Waals surface area contributed by atoms with Gasteiger partial charge in [0.2, 0.25) is 0 Å². The number of rotatable bonds is 2. The second kappa shape index (κ2) is 2.73. The van der Waals surface area contributed by atoms with Crippen LogP contribution >= 0.6 is 0 Å². The van der Waals surface area contributed by atoms with Crippen LogP contribution < -0.4 is 5.56 Å². The molecule has 1 N–H and O–H groups in total. The molecule has 0 unspecified atom stereocenters. The molecule has 1 rings (SSSR count). The van der Waals surface area contributed by atoms with Crippen LogP contribution in [-0.2, 0) is 12.8 Å². The molecule has 3 heteroatoms. The van der Waals surface area contributed by atoms with E-state index in [2.05, 4.69) is 5.16 Å². The van der Waals surface area contributed by atoms with E-state index in [1.165, 1.54) is 0 Å². The average Bonchev–Trinajstić information content (AvgIpc) is 2.30. The molecular formula is C7H11NO2. The predicted molar refractivity (Wildman–Crippen MR) is 38.1 cm³/mol. The quantitative estimate of drug-likeness (QED) is 0.670. The molecule has 10 heavy (non-hydrogen) atoms. The maximum absolute atomic E-state index is 10.9. The first-order valence-corrected chi connectivity index (χ1v) is 3.48. The predicted octanol–water partition coefficient (Wildman–Crippen LogP) is 1.09. The second-order valence-electron chi connectivity index (χ2n) is 2.14. The molecular weight excluding hydrogens is 130 g/mol. The van der Waals surface area contributed by atoms with Gasteiger partial charge in [0.05, 0.1) is 5.56 Å². The van der Waals surface area contributed by atoms with E-state index < -0.39 is 0 Å². The molecule has 0 aromatic carbocycles. The smallest absolute Gasteiger partial charge is 0.283 e. The number of aromatic amines is 1. The van der Waals surface area contributed by atoms with Gasteiger partial charge in [-0.25, -0.2) is 0 Å². The standard InChI is InChI=1S/C7H11NO2/c1-3-5-6(4-2)10-8-7(5)9/h3-4H2,1-2H3,(H,8,9). The number of hydrogen-bond acceptors (Lipinski definition) is 2. The summed E-state index contributed by atoms with van der Waals surface area (Å²) >= 11 is 0. The van der Waals surface area contributed by atoms with Crippen LogP contribution in [-0.4, -0.2) is 5.16 Å². The third-order valence-corrected chi connectivity index (χ3v) is 1.55. The summed E-state index contributed by atoms with van der Waals surface area (Å²) in [7, 11) is 0. The first kappa shape index (κ1) is 7.12. The van der Waals surface area contributed by atoms with Crippen molar-refractivity contribution < 1.29 is 4.52 Å². The monoisotopic (exact) mass is 141 g/mol. The van der Waals surface area contributed by atoms with Crippen LogP contribution in [0.15, 0.2) is 9.32 Å². The van der Waals surface area contributed by atoms with Crippen molar-refractivity contribution in [3.63, 3.8) is 0 Å². The van der Waals surface area contributed by atoms with E-state index in [-0.39, 0.29) is 5.56 Å². The molecule has 0 bridgehead atoms. The Kier molecular flexibility index (Phi) is 1.94. The van der Waals surface area contributed by atoms with Crippen molar-refractivity contribution in [1.29, 1.82) is 0 Å². The fraction of sp³-hybridized carbons (Fsp3) is 0.571. The van der Waals surface area contributed by atoms with Crippen LogP contribution in [0, 0.1) is 0 Å². The summed E-state index contributed by atoms with van der Waals surface area (Å²) < 4.78 is 4.90. The highest BCUT2D eigenvalue weighted by Gasteiger charge is 2.06. The van der Waals surface area contributed by atoms with Crippen LogP contribution in [0.25, 0.3) is 0 Å². The molecule has 0 amide bonds. The number of H-pyrrole nitrogens is 1. The highest BCUT2D eigenvalue weighted by Crippen LogP contribution is 2.03. The molecule has 1 aromatic rings. The van der Waals surface area contributed by atoms with Gasteiger partial charge in [0, 0.05) is 6.42 Å². The van der Waals surface area contributed by atoms with Gasteiger partial charge in [-0.05, 0) is 6.42 Å². The molecule has 0 aliphatic rings. The van der Waals surface area contributed by atoms with Crippen molar-refractivity contribution >= 4 is 0 Å². The summed E-state index contributed by atoms with van der Waals surface area (Å²) in [5.74, 6) is 0.785. The number of hydrogen-bond donors (Lipinski definition) is 1. The van der Waals surface area contributed by atoms with E-state index >= 15 is 0 Å². The minimum atomic E-state index is -0.0839. The maximum atomic E-state index is 10.9. The van der Waals surface area contributed by atoms with Crippen LogP contribution in [0.2, 0.25) is 0 Å². The van der Waals surface area contributed by atoms with Crippen molar-refractivity contribution in [3.8, 4) is 0 Å². The summed E-state index contributed by atoms with van der Waals surface area (Å²) in [5.41, 5.74) is 0.696. The van der Waals surface area contributed by atoms with Gasteiger partial charge in [0.25, 0.3) is 5.56 Å². The van der Waals surface area contributed by atoms with Crippen molar-refractivity contribution in [2.24, 2.45) is 0 Å². The van der Waals surface area contributed by atoms with Crippen molar-refractivity contribution in [2.75, 3.05) is 0 Å². The van der Waals surface area contributed by atoms with Gasteiger partial charge in [-0.3, -0.25) is 4.79 Å². The number of nitrogens with one attached hydrogen (secondary N) is 1. The molecule has 0 spiro atoms. The van der Waals surface area contributed by atoms with E-state index in [1.807, 2.05) is 13.8 Å². The van der Waals surface area contributed by atoms with Crippen molar-refractivity contribution in [1.82, 2.24) is 5.16 Å². The largest absolute Gasteiger partial charge is 0.383 e. The zero-order chi connectivity index (χ0) is 7.56. The molecule has 0 saturated heterocycles. The van der Waals surface area contributed by atoms with Crippen molar-refractivity contribution in [3.05, 3.63) is 21.7 Å². The summed E-state index contributed by atoms with van der Waals surface area (Å²) in [6.45, 7) is 3.91. The lowest BCUT2D eigenvalue weighted by Gasteiger charge is -1.88. The zero-order valence-corrected chi connectivity index (χ0v) is 6.23. The zero-order valence-electron chi connectivity index (χ0n) is 6.23. The number of aryl methyl sites for hydroxylation is 1. The summed E-state index contributed by atoms with van der Waals surface area (Å²) in [4.78, 5) is 10.9. The van der Waals surface area contributed by atoms with Gasteiger partial charge in [0.1, 0.15) is 5.76 Å². The fourth-order valence-electron chi connectivity index (χ4n) is 1.00. The third-order valence-electron chi connectivity index (χ3n) is 1.55. The van der Waals surface area contributed by atoms with Crippen molar-refractivity contribution in [2.45, 2.75) is 26.7 Å². The first-order valence-electron chi connectivity index (χ1n) is 3.48. The minimum Gasteiger partial charge on any atom is -0.383 e. The van der Waals surface area contributed by atoms with Gasteiger partial charge in [0.15, 0.2) is 0 Å². The van der Waals surface area contributed by atoms with E-state index in [4.69, 9.17) is 4.52 Å². The average molecular weight is 141 g/mol. The fourth-order valence-corrected chi connectivity index (χ4v) is 1.00. The summed E-state index contributed by atoms with van der Waals surface area (Å²) in [6, 6.07) is 0. The molecule has 0 saturated carbocycles. The lowest BCUT2D eigenvalue weighted by molar-refractivity contribution is 0.381. The summed E-state index contributed by atoms with van der Waals surface area (Å²) in [6.07, 6.45) is 1.52. The van der Waals surface area contributed by atoms with Gasteiger partial charge in [-0.2, -0.15) is 5.16 Å². The molecule has 1 aromatic heterocycles. The molecule has 1 heterocycles. The minimum absolute atomic E-state index is 0.0839.